The zero-order valence-corrected chi connectivity index (χ0v) is 14.7. The molecule has 3 aliphatic heterocycles. The number of hydrogen-bond donors (Lipinski definition) is 1. The van der Waals surface area contributed by atoms with Gasteiger partial charge in [0.1, 0.15) is 6.23 Å². The van der Waals surface area contributed by atoms with Gasteiger partial charge in [-0.1, -0.05) is 19.9 Å². The molecule has 0 amide bonds. The molecule has 0 radical (unpaired) electrons. The average molecular weight is 336 g/mol. The van der Waals surface area contributed by atoms with Crippen molar-refractivity contribution in [2.75, 3.05) is 0 Å². The molecule has 4 heteroatoms. The van der Waals surface area contributed by atoms with Crippen LogP contribution in [0.1, 0.15) is 46.0 Å². The number of ether oxygens (including phenoxy) is 1. The Morgan fingerprint density at radius 3 is 2.87 bits per heavy atom. The number of rotatable bonds is 1. The second-order valence-electron chi connectivity index (χ2n) is 9.06. The number of nitrogens with one attached hydrogen (secondary N) is 1. The molecule has 0 aromatic carbocycles. The third-order valence-corrected chi connectivity index (χ3v) is 8.54. The first-order valence-corrected chi connectivity index (χ1v) is 9.61. The molecule has 3 saturated carbocycles. The van der Waals surface area contributed by atoms with Crippen molar-refractivity contribution in [3.8, 4) is 0 Å². The van der Waals surface area contributed by atoms with Crippen molar-refractivity contribution < 1.29 is 9.53 Å². The highest BCUT2D eigenvalue weighted by Gasteiger charge is 2.65. The van der Waals surface area contributed by atoms with E-state index in [1.54, 1.807) is 0 Å². The van der Waals surface area contributed by atoms with Gasteiger partial charge in [-0.15, -0.1) is 0 Å². The Hall–Kier alpha value is -0.380. The molecule has 23 heavy (non-hydrogen) atoms. The third-order valence-electron chi connectivity index (χ3n) is 8.28. The van der Waals surface area contributed by atoms with Gasteiger partial charge in [-0.3, -0.25) is 10.1 Å². The summed E-state index contributed by atoms with van der Waals surface area (Å²) < 4.78 is 6.50. The normalized spacial score (nSPS) is 59.5. The molecular weight excluding hydrogens is 310 g/mol. The lowest BCUT2D eigenvalue weighted by atomic mass is 9.47. The van der Waals surface area contributed by atoms with Crippen LogP contribution in [0.25, 0.3) is 0 Å². The first kappa shape index (κ1) is 14.9. The third kappa shape index (κ3) is 1.77. The zero-order valence-electron chi connectivity index (χ0n) is 13.9. The Bertz CT molecular complexity index is 592. The van der Waals surface area contributed by atoms with Gasteiger partial charge < -0.3 is 4.74 Å². The van der Waals surface area contributed by atoms with E-state index in [0.29, 0.717) is 23.8 Å². The number of carbonyl (C=O) groups is 1. The van der Waals surface area contributed by atoms with E-state index in [-0.39, 0.29) is 34.3 Å². The summed E-state index contributed by atoms with van der Waals surface area (Å²) in [6, 6.07) is 0.542. The Kier molecular flexibility index (Phi) is 3.00. The molecule has 6 aliphatic rings. The van der Waals surface area contributed by atoms with E-state index < -0.39 is 0 Å². The molecule has 3 nitrogen and oxygen atoms in total. The molecule has 0 aromatic heterocycles. The van der Waals surface area contributed by atoms with E-state index in [1.165, 1.54) is 12.8 Å². The Labute approximate surface area is 143 Å². The van der Waals surface area contributed by atoms with Crippen LogP contribution in [0.4, 0.5) is 0 Å². The lowest BCUT2D eigenvalue weighted by Gasteiger charge is -2.59. The summed E-state index contributed by atoms with van der Waals surface area (Å²) in [7, 11) is 0. The van der Waals surface area contributed by atoms with Crippen LogP contribution in [0.5, 0.6) is 0 Å². The lowest BCUT2D eigenvalue weighted by molar-refractivity contribution is -0.146. The second-order valence-corrected chi connectivity index (χ2v) is 9.43. The fraction of sp³-hybridized carbons (Fsp3) is 0.842. The minimum absolute atomic E-state index is 0.0195. The fourth-order valence-corrected chi connectivity index (χ4v) is 7.67. The maximum Gasteiger partial charge on any atom is 0.225 e. The fourth-order valence-electron chi connectivity index (χ4n) is 7.31. The molecule has 1 saturated heterocycles. The van der Waals surface area contributed by atoms with Crippen LogP contribution < -0.4 is 5.32 Å². The van der Waals surface area contributed by atoms with Gasteiger partial charge >= 0.3 is 0 Å². The van der Waals surface area contributed by atoms with Crippen molar-refractivity contribution in [1.29, 1.82) is 0 Å². The highest BCUT2D eigenvalue weighted by Crippen LogP contribution is 2.66. The maximum atomic E-state index is 12.0. The summed E-state index contributed by atoms with van der Waals surface area (Å²) in [5.41, 5.74) is 0.225. The minimum atomic E-state index is -0.124. The summed E-state index contributed by atoms with van der Waals surface area (Å²) in [5, 5.41) is 3.59. The van der Waals surface area contributed by atoms with Gasteiger partial charge in [0.05, 0.1) is 6.10 Å². The molecule has 0 aromatic rings. The quantitative estimate of drug-likeness (QED) is 0.589. The number of fused-ring (bicyclic) bond motifs is 2. The summed E-state index contributed by atoms with van der Waals surface area (Å²) in [5.74, 6) is 1.90. The van der Waals surface area contributed by atoms with E-state index in [9.17, 15) is 4.79 Å². The van der Waals surface area contributed by atoms with Crippen LogP contribution >= 0.6 is 11.6 Å². The van der Waals surface area contributed by atoms with Gasteiger partial charge in [0.15, 0.2) is 0 Å². The van der Waals surface area contributed by atoms with Gasteiger partial charge in [-0.2, -0.15) is 0 Å². The van der Waals surface area contributed by atoms with E-state index in [1.807, 2.05) is 0 Å². The highest BCUT2D eigenvalue weighted by molar-refractivity contribution is 6.64. The summed E-state index contributed by atoms with van der Waals surface area (Å²) in [4.78, 5) is 12.0. The van der Waals surface area contributed by atoms with Crippen molar-refractivity contribution in [2.24, 2.45) is 34.5 Å². The lowest BCUT2D eigenvalue weighted by Crippen LogP contribution is -2.60. The topological polar surface area (TPSA) is 38.3 Å². The molecule has 0 spiro atoms. The van der Waals surface area contributed by atoms with Crippen molar-refractivity contribution >= 4 is 16.8 Å². The minimum Gasteiger partial charge on any atom is -0.356 e. The van der Waals surface area contributed by atoms with E-state index in [2.05, 4.69) is 31.3 Å². The number of hydrogen-bond acceptors (Lipinski definition) is 3. The van der Waals surface area contributed by atoms with Gasteiger partial charge in [-0.05, 0) is 72.9 Å². The molecule has 9 atom stereocenters. The van der Waals surface area contributed by atoms with Gasteiger partial charge in [0.25, 0.3) is 0 Å². The Morgan fingerprint density at radius 2 is 2.09 bits per heavy atom. The largest absolute Gasteiger partial charge is 0.356 e. The second kappa shape index (κ2) is 4.62. The van der Waals surface area contributed by atoms with E-state index in [0.717, 1.165) is 19.3 Å². The van der Waals surface area contributed by atoms with Crippen LogP contribution in [-0.4, -0.2) is 23.6 Å². The van der Waals surface area contributed by atoms with Crippen molar-refractivity contribution in [3.05, 3.63) is 12.2 Å². The predicted octanol–water partition coefficient (Wildman–Crippen LogP) is 3.47. The molecule has 126 valence electrons. The van der Waals surface area contributed by atoms with Crippen LogP contribution in [0.3, 0.4) is 0 Å². The molecule has 4 bridgehead atoms. The average Bonchev–Trinajstić information content (AvgIpc) is 2.74. The monoisotopic (exact) mass is 335 g/mol. The molecule has 3 aliphatic carbocycles. The Morgan fingerprint density at radius 1 is 1.26 bits per heavy atom. The van der Waals surface area contributed by atoms with Gasteiger partial charge in [0, 0.05) is 17.4 Å². The number of carbonyl (C=O) groups excluding carboxylic acids is 1. The SMILES string of the molecule is C[C@]12CC3OC4C=C[C@]5(C)C3[C@@H](CC[C@H]5N4)[C@@H]1CC[C@@H]2C(=O)Cl. The standard InChI is InChI=1S/C19H26ClNO2/c1-18-8-7-15-21-14(18)6-3-10-11-4-5-12(17(20)22)19(11,2)9-13(23-15)16(10)18/h7-8,10-16,21H,3-6,9H2,1-2H3/t10-,11-,12+,13?,14+,15?,16?,18-,19-/m0/s1. The van der Waals surface area contributed by atoms with Crippen LogP contribution in [0, 0.1) is 34.5 Å². The molecule has 3 heterocycles. The molecule has 3 unspecified atom stereocenters. The predicted molar refractivity (Wildman–Crippen MR) is 88.8 cm³/mol. The Balaban J connectivity index is 1.60. The smallest absolute Gasteiger partial charge is 0.225 e. The van der Waals surface area contributed by atoms with Crippen LogP contribution in [0.2, 0.25) is 0 Å². The molecule has 6 rings (SSSR count). The van der Waals surface area contributed by atoms with Crippen molar-refractivity contribution in [1.82, 2.24) is 5.32 Å². The summed E-state index contributed by atoms with van der Waals surface area (Å²) in [6.45, 7) is 4.74. The highest BCUT2D eigenvalue weighted by atomic mass is 35.5. The van der Waals surface area contributed by atoms with Crippen molar-refractivity contribution in [3.63, 3.8) is 0 Å². The van der Waals surface area contributed by atoms with Crippen LogP contribution in [-0.2, 0) is 9.53 Å². The molecular formula is C19H26ClNO2. The van der Waals surface area contributed by atoms with E-state index in [4.69, 9.17) is 16.3 Å². The van der Waals surface area contributed by atoms with Crippen molar-refractivity contribution in [2.45, 2.75) is 64.3 Å². The first-order chi connectivity index (χ1) is 10.9. The number of halogens is 1. The summed E-state index contributed by atoms with van der Waals surface area (Å²) in [6.07, 6.45) is 10.6. The van der Waals surface area contributed by atoms with E-state index >= 15 is 0 Å². The molecule has 1 N–H and O–H groups in total. The zero-order chi connectivity index (χ0) is 16.0. The van der Waals surface area contributed by atoms with Gasteiger partial charge in [0.2, 0.25) is 5.24 Å². The first-order valence-electron chi connectivity index (χ1n) is 9.24. The van der Waals surface area contributed by atoms with Gasteiger partial charge in [-0.25, -0.2) is 0 Å². The van der Waals surface area contributed by atoms with Crippen LogP contribution in [0.15, 0.2) is 12.2 Å². The molecule has 4 fully saturated rings. The summed E-state index contributed by atoms with van der Waals surface area (Å²) >= 11 is 5.99. The maximum absolute atomic E-state index is 12.0.